The van der Waals surface area contributed by atoms with E-state index in [9.17, 15) is 5.11 Å². The molecule has 160 valence electrons. The average molecular weight is 498 g/mol. The molecular formula is C25H16BrN5O2. The number of pyridine rings is 1. The van der Waals surface area contributed by atoms with Crippen LogP contribution in [0.4, 0.5) is 11.7 Å². The second kappa shape index (κ2) is 7.75. The molecule has 3 aromatic heterocycles. The molecule has 0 aliphatic rings. The standard InChI is InChI=1S/C25H16BrN5O2/c26-15-8-10-16(11-9-15)27-25-31-30-24(33-25)21-13-19-18-6-1-2-7-20(18)28-23(19)22(29-21)14-4-3-5-17(32)12-14/h1-13,28,32H,(H,27,31). The third-order valence-electron chi connectivity index (χ3n) is 5.36. The number of para-hydroxylation sites is 1. The summed E-state index contributed by atoms with van der Waals surface area (Å²) in [5.74, 6) is 0.464. The van der Waals surface area contributed by atoms with E-state index in [0.29, 0.717) is 17.3 Å². The number of phenols is 1. The zero-order valence-corrected chi connectivity index (χ0v) is 18.7. The number of benzene rings is 3. The molecule has 7 nitrogen and oxygen atoms in total. The van der Waals surface area contributed by atoms with E-state index in [-0.39, 0.29) is 11.8 Å². The van der Waals surface area contributed by atoms with Crippen LogP contribution in [0.25, 0.3) is 44.6 Å². The molecule has 0 saturated carbocycles. The van der Waals surface area contributed by atoms with Crippen molar-refractivity contribution in [3.05, 3.63) is 83.3 Å². The van der Waals surface area contributed by atoms with Crippen LogP contribution in [-0.4, -0.2) is 25.3 Å². The van der Waals surface area contributed by atoms with Gasteiger partial charge in [-0.15, -0.1) is 5.10 Å². The van der Waals surface area contributed by atoms with Gasteiger partial charge in [0.1, 0.15) is 11.4 Å². The summed E-state index contributed by atoms with van der Waals surface area (Å²) in [6.07, 6.45) is 0. The Hall–Kier alpha value is -4.17. The van der Waals surface area contributed by atoms with Gasteiger partial charge in [0.05, 0.1) is 11.2 Å². The minimum Gasteiger partial charge on any atom is -0.508 e. The minimum absolute atomic E-state index is 0.169. The van der Waals surface area contributed by atoms with Gasteiger partial charge in [-0.1, -0.05) is 51.4 Å². The highest BCUT2D eigenvalue weighted by Gasteiger charge is 2.18. The number of rotatable bonds is 4. The number of aromatic hydroxyl groups is 1. The Morgan fingerprint density at radius 1 is 0.879 bits per heavy atom. The maximum Gasteiger partial charge on any atom is 0.320 e. The molecular weight excluding hydrogens is 482 g/mol. The van der Waals surface area contributed by atoms with Crippen LogP contribution in [-0.2, 0) is 0 Å². The second-order valence-electron chi connectivity index (χ2n) is 7.54. The number of anilines is 2. The van der Waals surface area contributed by atoms with Crippen molar-refractivity contribution in [2.45, 2.75) is 0 Å². The average Bonchev–Trinajstić information content (AvgIpc) is 3.44. The van der Waals surface area contributed by atoms with Gasteiger partial charge in [0.2, 0.25) is 0 Å². The lowest BCUT2D eigenvalue weighted by atomic mass is 10.1. The van der Waals surface area contributed by atoms with Crippen LogP contribution in [0, 0.1) is 0 Å². The summed E-state index contributed by atoms with van der Waals surface area (Å²) in [6, 6.07) is 25.0. The largest absolute Gasteiger partial charge is 0.508 e. The van der Waals surface area contributed by atoms with E-state index in [1.807, 2.05) is 54.6 Å². The fourth-order valence-electron chi connectivity index (χ4n) is 3.85. The molecule has 0 saturated heterocycles. The summed E-state index contributed by atoms with van der Waals surface area (Å²) in [5, 5.41) is 23.5. The summed E-state index contributed by atoms with van der Waals surface area (Å²) in [5.41, 5.74) is 4.71. The number of aromatic nitrogens is 4. The summed E-state index contributed by atoms with van der Waals surface area (Å²) in [7, 11) is 0. The predicted molar refractivity (Wildman–Crippen MR) is 131 cm³/mol. The number of aromatic amines is 1. The molecule has 8 heteroatoms. The lowest BCUT2D eigenvalue weighted by Gasteiger charge is -2.06. The molecule has 0 unspecified atom stereocenters. The highest BCUT2D eigenvalue weighted by Crippen LogP contribution is 2.36. The molecule has 0 aliphatic carbocycles. The molecule has 0 atom stereocenters. The Balaban J connectivity index is 1.50. The first-order valence-corrected chi connectivity index (χ1v) is 11.0. The molecule has 3 aromatic carbocycles. The molecule has 0 aliphatic heterocycles. The minimum atomic E-state index is 0.169. The SMILES string of the molecule is Oc1cccc(-c2nc(-c3nnc(Nc4ccc(Br)cc4)o3)cc3c2[nH]c2ccccc23)c1. The Morgan fingerprint density at radius 2 is 1.73 bits per heavy atom. The van der Waals surface area contributed by atoms with Crippen LogP contribution in [0.15, 0.2) is 87.8 Å². The predicted octanol–water partition coefficient (Wildman–Crippen LogP) is 6.64. The smallest absolute Gasteiger partial charge is 0.320 e. The Labute approximate surface area is 196 Å². The first-order valence-electron chi connectivity index (χ1n) is 10.2. The van der Waals surface area contributed by atoms with E-state index >= 15 is 0 Å². The molecule has 0 spiro atoms. The fourth-order valence-corrected chi connectivity index (χ4v) is 4.12. The molecule has 3 N–H and O–H groups in total. The Kier molecular flexibility index (Phi) is 4.58. The molecule has 33 heavy (non-hydrogen) atoms. The second-order valence-corrected chi connectivity index (χ2v) is 8.46. The zero-order chi connectivity index (χ0) is 22.4. The number of nitrogens with one attached hydrogen (secondary N) is 2. The molecule has 6 rings (SSSR count). The van der Waals surface area contributed by atoms with E-state index in [1.54, 1.807) is 18.2 Å². The Bertz CT molecular complexity index is 1620. The van der Waals surface area contributed by atoms with E-state index in [1.165, 1.54) is 0 Å². The van der Waals surface area contributed by atoms with Crippen molar-refractivity contribution in [2.24, 2.45) is 0 Å². The number of H-pyrrole nitrogens is 1. The highest BCUT2D eigenvalue weighted by atomic mass is 79.9. The van der Waals surface area contributed by atoms with Crippen molar-refractivity contribution in [2.75, 3.05) is 5.32 Å². The maximum atomic E-state index is 10.0. The van der Waals surface area contributed by atoms with Gasteiger partial charge in [-0.05, 0) is 48.5 Å². The van der Waals surface area contributed by atoms with Crippen molar-refractivity contribution in [3.8, 4) is 28.6 Å². The highest BCUT2D eigenvalue weighted by molar-refractivity contribution is 9.10. The number of hydrogen-bond donors (Lipinski definition) is 3. The van der Waals surface area contributed by atoms with E-state index in [4.69, 9.17) is 9.40 Å². The number of nitrogens with zero attached hydrogens (tertiary/aromatic N) is 3. The van der Waals surface area contributed by atoms with Crippen LogP contribution >= 0.6 is 15.9 Å². The van der Waals surface area contributed by atoms with E-state index in [2.05, 4.69) is 42.5 Å². The normalized spacial score (nSPS) is 11.3. The van der Waals surface area contributed by atoms with Crippen molar-refractivity contribution < 1.29 is 9.52 Å². The van der Waals surface area contributed by atoms with Crippen LogP contribution in [0.3, 0.4) is 0 Å². The first kappa shape index (κ1) is 19.5. The lowest BCUT2D eigenvalue weighted by Crippen LogP contribution is -1.91. The van der Waals surface area contributed by atoms with Crippen molar-refractivity contribution in [3.63, 3.8) is 0 Å². The van der Waals surface area contributed by atoms with Gasteiger partial charge in [-0.2, -0.15) is 0 Å². The quantitative estimate of drug-likeness (QED) is 0.252. The maximum absolute atomic E-state index is 10.0. The van der Waals surface area contributed by atoms with E-state index < -0.39 is 0 Å². The first-order chi connectivity index (χ1) is 16.1. The van der Waals surface area contributed by atoms with Gasteiger partial charge >= 0.3 is 6.01 Å². The molecule has 6 aromatic rings. The number of phenolic OH excluding ortho intramolecular Hbond substituents is 1. The van der Waals surface area contributed by atoms with Crippen molar-refractivity contribution >= 4 is 49.4 Å². The third kappa shape index (κ3) is 3.60. The Morgan fingerprint density at radius 3 is 2.58 bits per heavy atom. The molecule has 0 fully saturated rings. The van der Waals surface area contributed by atoms with Crippen molar-refractivity contribution in [1.29, 1.82) is 0 Å². The van der Waals surface area contributed by atoms with Crippen molar-refractivity contribution in [1.82, 2.24) is 20.2 Å². The van der Waals surface area contributed by atoms with Crippen LogP contribution in [0.5, 0.6) is 5.75 Å². The van der Waals surface area contributed by atoms with Gasteiger partial charge in [-0.3, -0.25) is 0 Å². The summed E-state index contributed by atoms with van der Waals surface area (Å²) >= 11 is 3.42. The fraction of sp³-hybridized carbons (Fsp3) is 0. The summed E-state index contributed by atoms with van der Waals surface area (Å²) in [6.45, 7) is 0. The monoisotopic (exact) mass is 497 g/mol. The van der Waals surface area contributed by atoms with Gasteiger partial charge in [0, 0.05) is 32.0 Å². The van der Waals surface area contributed by atoms with Gasteiger partial charge in [0.25, 0.3) is 5.89 Å². The van der Waals surface area contributed by atoms with Crippen LogP contribution < -0.4 is 5.32 Å². The van der Waals surface area contributed by atoms with Crippen LogP contribution in [0.1, 0.15) is 0 Å². The number of hydrogen-bond acceptors (Lipinski definition) is 6. The molecule has 3 heterocycles. The lowest BCUT2D eigenvalue weighted by molar-refractivity contribution is 0.475. The summed E-state index contributed by atoms with van der Waals surface area (Å²) < 4.78 is 6.87. The van der Waals surface area contributed by atoms with Gasteiger partial charge < -0.3 is 19.8 Å². The molecule has 0 radical (unpaired) electrons. The zero-order valence-electron chi connectivity index (χ0n) is 17.1. The number of halogens is 1. The van der Waals surface area contributed by atoms with Crippen LogP contribution in [0.2, 0.25) is 0 Å². The third-order valence-corrected chi connectivity index (χ3v) is 5.88. The van der Waals surface area contributed by atoms with Gasteiger partial charge in [0.15, 0.2) is 0 Å². The topological polar surface area (TPSA) is 99.9 Å². The van der Waals surface area contributed by atoms with Gasteiger partial charge in [-0.25, -0.2) is 4.98 Å². The van der Waals surface area contributed by atoms with E-state index in [0.717, 1.165) is 37.5 Å². The number of fused-ring (bicyclic) bond motifs is 3. The molecule has 0 bridgehead atoms. The summed E-state index contributed by atoms with van der Waals surface area (Å²) in [4.78, 5) is 8.30. The molecule has 0 amide bonds.